The predicted octanol–water partition coefficient (Wildman–Crippen LogP) is 2.87. The molecule has 1 rings (SSSR count). The summed E-state index contributed by atoms with van der Waals surface area (Å²) in [7, 11) is 0. The first-order valence-electron chi connectivity index (χ1n) is 7.17. The Morgan fingerprint density at radius 1 is 1.38 bits per heavy atom. The van der Waals surface area contributed by atoms with E-state index in [-0.39, 0.29) is 23.6 Å². The lowest BCUT2D eigenvalue weighted by atomic mass is 9.94. The molecular weight excluding hydrogens is 269 g/mol. The summed E-state index contributed by atoms with van der Waals surface area (Å²) >= 11 is 0. The van der Waals surface area contributed by atoms with Crippen LogP contribution >= 0.6 is 0 Å². The molecule has 0 saturated carbocycles. The molecule has 2 N–H and O–H groups in total. The highest BCUT2D eigenvalue weighted by Gasteiger charge is 2.23. The van der Waals surface area contributed by atoms with Gasteiger partial charge in [0.1, 0.15) is 5.82 Å². The fraction of sp³-hybridized carbons (Fsp3) is 0.471. The van der Waals surface area contributed by atoms with Crippen LogP contribution in [0, 0.1) is 17.7 Å². The molecule has 0 aliphatic carbocycles. The maximum Gasteiger partial charge on any atom is 0.253 e. The summed E-state index contributed by atoms with van der Waals surface area (Å²) in [5.41, 5.74) is 0.379. The average molecular weight is 291 g/mol. The largest absolute Gasteiger partial charge is 0.395 e. The minimum atomic E-state index is -0.470. The molecule has 1 aromatic rings. The topological polar surface area (TPSA) is 49.3 Å². The smallest absolute Gasteiger partial charge is 0.253 e. The van der Waals surface area contributed by atoms with Crippen molar-refractivity contribution in [3.63, 3.8) is 0 Å². The zero-order valence-corrected chi connectivity index (χ0v) is 12.8. The van der Waals surface area contributed by atoms with Crippen LogP contribution in [0.15, 0.2) is 18.2 Å². The lowest BCUT2D eigenvalue weighted by Crippen LogP contribution is -2.45. The van der Waals surface area contributed by atoms with Crippen molar-refractivity contribution < 1.29 is 14.3 Å². The number of nitrogens with one attached hydrogen (secondary N) is 1. The first kappa shape index (κ1) is 17.2. The number of rotatable bonds is 5. The van der Waals surface area contributed by atoms with Gasteiger partial charge in [-0.05, 0) is 38.0 Å². The van der Waals surface area contributed by atoms with Crippen LogP contribution in [0.4, 0.5) is 4.39 Å². The Morgan fingerprint density at radius 3 is 2.62 bits per heavy atom. The summed E-state index contributed by atoms with van der Waals surface area (Å²) in [6, 6.07) is 3.96. The molecule has 1 aromatic carbocycles. The van der Waals surface area contributed by atoms with Gasteiger partial charge < -0.3 is 10.4 Å². The number of aliphatic hydroxyl groups is 1. The van der Waals surface area contributed by atoms with Gasteiger partial charge in [0.25, 0.3) is 5.91 Å². The monoisotopic (exact) mass is 291 g/mol. The van der Waals surface area contributed by atoms with E-state index < -0.39 is 5.82 Å². The first-order chi connectivity index (χ1) is 9.95. The second kappa shape index (κ2) is 7.80. The Balaban J connectivity index is 3.08. The second-order valence-electron chi connectivity index (χ2n) is 5.19. The Bertz CT molecular complexity index is 554. The van der Waals surface area contributed by atoms with Crippen molar-refractivity contribution in [1.82, 2.24) is 5.32 Å². The van der Waals surface area contributed by atoms with Crippen molar-refractivity contribution >= 4 is 5.91 Å². The molecule has 0 unspecified atom stereocenters. The van der Waals surface area contributed by atoms with Gasteiger partial charge in [0.05, 0.1) is 12.2 Å². The number of hydrogen-bond acceptors (Lipinski definition) is 2. The van der Waals surface area contributed by atoms with Gasteiger partial charge in [-0.15, -0.1) is 0 Å². The van der Waals surface area contributed by atoms with Crippen molar-refractivity contribution in [3.05, 3.63) is 35.1 Å². The van der Waals surface area contributed by atoms with Crippen LogP contribution in [-0.4, -0.2) is 23.2 Å². The minimum absolute atomic E-state index is 0.0422. The van der Waals surface area contributed by atoms with Crippen LogP contribution in [0.25, 0.3) is 0 Å². The third-order valence-electron chi connectivity index (χ3n) is 3.66. The third-order valence-corrected chi connectivity index (χ3v) is 3.66. The minimum Gasteiger partial charge on any atom is -0.395 e. The molecule has 0 saturated heterocycles. The summed E-state index contributed by atoms with van der Waals surface area (Å²) in [5, 5.41) is 11.7. The molecule has 0 aliphatic rings. The van der Waals surface area contributed by atoms with Gasteiger partial charge in [0.15, 0.2) is 0 Å². The Hall–Kier alpha value is -1.86. The molecule has 0 atom stereocenters. The van der Waals surface area contributed by atoms with Gasteiger partial charge >= 0.3 is 0 Å². The van der Waals surface area contributed by atoms with E-state index in [1.807, 2.05) is 20.8 Å². The van der Waals surface area contributed by atoms with E-state index in [4.69, 9.17) is 5.11 Å². The van der Waals surface area contributed by atoms with Crippen LogP contribution in [0.1, 0.15) is 56.0 Å². The fourth-order valence-corrected chi connectivity index (χ4v) is 1.80. The molecule has 21 heavy (non-hydrogen) atoms. The summed E-state index contributed by atoms with van der Waals surface area (Å²) in [6.45, 7) is 5.91. The van der Waals surface area contributed by atoms with Crippen LogP contribution in [0.2, 0.25) is 0 Å². The summed E-state index contributed by atoms with van der Waals surface area (Å²) in [4.78, 5) is 12.4. The molecule has 0 spiro atoms. The van der Waals surface area contributed by atoms with E-state index in [9.17, 15) is 9.18 Å². The predicted molar refractivity (Wildman–Crippen MR) is 81.4 cm³/mol. The number of hydrogen-bond donors (Lipinski definition) is 2. The number of carbonyl (C=O) groups excluding carboxylic acids is 1. The van der Waals surface area contributed by atoms with Crippen LogP contribution in [0.3, 0.4) is 0 Å². The van der Waals surface area contributed by atoms with E-state index >= 15 is 0 Å². The molecule has 4 heteroatoms. The van der Waals surface area contributed by atoms with Crippen molar-refractivity contribution in [2.45, 2.75) is 45.6 Å². The molecule has 3 nitrogen and oxygen atoms in total. The number of benzene rings is 1. The van der Waals surface area contributed by atoms with Gasteiger partial charge in [0.2, 0.25) is 0 Å². The fourth-order valence-electron chi connectivity index (χ4n) is 1.80. The SMILES string of the molecule is CCC(C)(CC)NC(=O)c1cc(F)ccc1C#CCCO. The molecule has 0 bridgehead atoms. The van der Waals surface area contributed by atoms with Crippen molar-refractivity contribution in [1.29, 1.82) is 0 Å². The average Bonchev–Trinajstić information content (AvgIpc) is 2.48. The maximum atomic E-state index is 13.4. The first-order valence-corrected chi connectivity index (χ1v) is 7.17. The van der Waals surface area contributed by atoms with Crippen molar-refractivity contribution in [2.24, 2.45) is 0 Å². The van der Waals surface area contributed by atoms with Gasteiger partial charge in [-0.3, -0.25) is 4.79 Å². The highest BCUT2D eigenvalue weighted by atomic mass is 19.1. The van der Waals surface area contributed by atoms with E-state index in [0.717, 1.165) is 12.8 Å². The quantitative estimate of drug-likeness (QED) is 0.820. The molecule has 0 aromatic heterocycles. The van der Waals surface area contributed by atoms with Gasteiger partial charge in [-0.1, -0.05) is 25.7 Å². The standard InChI is InChI=1S/C17H22FNO2/c1-4-17(3,5-2)19-16(21)15-12-14(18)10-9-13(15)8-6-7-11-20/h9-10,12,20H,4-5,7,11H2,1-3H3,(H,19,21). The summed E-state index contributed by atoms with van der Waals surface area (Å²) in [6.07, 6.45) is 1.90. The Morgan fingerprint density at radius 2 is 2.05 bits per heavy atom. The van der Waals surface area contributed by atoms with Gasteiger partial charge in [0, 0.05) is 17.5 Å². The number of amides is 1. The summed E-state index contributed by atoms with van der Waals surface area (Å²) < 4.78 is 13.4. The lowest BCUT2D eigenvalue weighted by Gasteiger charge is -2.28. The highest BCUT2D eigenvalue weighted by Crippen LogP contribution is 2.17. The van der Waals surface area contributed by atoms with Crippen molar-refractivity contribution in [3.8, 4) is 11.8 Å². The number of halogens is 1. The van der Waals surface area contributed by atoms with E-state index in [0.29, 0.717) is 12.0 Å². The molecule has 1 amide bonds. The van der Waals surface area contributed by atoms with E-state index in [1.165, 1.54) is 18.2 Å². The van der Waals surface area contributed by atoms with Crippen LogP contribution in [0.5, 0.6) is 0 Å². The Kier molecular flexibility index (Phi) is 6.39. The number of carbonyl (C=O) groups is 1. The molecule has 114 valence electrons. The van der Waals surface area contributed by atoms with Gasteiger partial charge in [-0.2, -0.15) is 0 Å². The molecule has 0 fully saturated rings. The van der Waals surface area contributed by atoms with E-state index in [2.05, 4.69) is 17.2 Å². The van der Waals surface area contributed by atoms with E-state index in [1.54, 1.807) is 0 Å². The second-order valence-corrected chi connectivity index (χ2v) is 5.19. The zero-order chi connectivity index (χ0) is 15.9. The van der Waals surface area contributed by atoms with Crippen LogP contribution in [-0.2, 0) is 0 Å². The Labute approximate surface area is 125 Å². The molecular formula is C17H22FNO2. The number of aliphatic hydroxyl groups excluding tert-OH is 1. The third kappa shape index (κ3) is 4.87. The lowest BCUT2D eigenvalue weighted by molar-refractivity contribution is 0.0900. The molecule has 0 heterocycles. The zero-order valence-electron chi connectivity index (χ0n) is 12.8. The maximum absolute atomic E-state index is 13.4. The molecule has 0 radical (unpaired) electrons. The highest BCUT2D eigenvalue weighted by molar-refractivity contribution is 5.97. The molecule has 0 aliphatic heterocycles. The normalized spacial score (nSPS) is 10.7. The van der Waals surface area contributed by atoms with Crippen molar-refractivity contribution in [2.75, 3.05) is 6.61 Å². The van der Waals surface area contributed by atoms with Crippen LogP contribution < -0.4 is 5.32 Å². The summed E-state index contributed by atoms with van der Waals surface area (Å²) in [5.74, 6) is 4.77. The van der Waals surface area contributed by atoms with Gasteiger partial charge in [-0.25, -0.2) is 4.39 Å².